The van der Waals surface area contributed by atoms with Crippen molar-refractivity contribution in [2.75, 3.05) is 20.3 Å². The SMILES string of the molecule is COc1ccc2c(=O)c(Oc3ccc4c(c3)OCCCO4)c(C)oc2c1. The predicted molar refractivity (Wildman–Crippen MR) is 95.9 cm³/mol. The van der Waals surface area contributed by atoms with Gasteiger partial charge in [-0.3, -0.25) is 4.79 Å². The van der Waals surface area contributed by atoms with Gasteiger partial charge in [0.05, 0.1) is 25.7 Å². The van der Waals surface area contributed by atoms with Gasteiger partial charge in [-0.1, -0.05) is 0 Å². The van der Waals surface area contributed by atoms with Crippen LogP contribution in [0, 0.1) is 6.92 Å². The van der Waals surface area contributed by atoms with Gasteiger partial charge in [0.1, 0.15) is 22.8 Å². The molecule has 0 saturated heterocycles. The highest BCUT2D eigenvalue weighted by Crippen LogP contribution is 2.35. The topological polar surface area (TPSA) is 67.1 Å². The first-order valence-corrected chi connectivity index (χ1v) is 8.34. The van der Waals surface area contributed by atoms with Crippen LogP contribution in [0.3, 0.4) is 0 Å². The van der Waals surface area contributed by atoms with Crippen LogP contribution in [-0.2, 0) is 0 Å². The quantitative estimate of drug-likeness (QED) is 0.706. The van der Waals surface area contributed by atoms with E-state index in [2.05, 4.69) is 0 Å². The van der Waals surface area contributed by atoms with Gasteiger partial charge in [-0.05, 0) is 31.2 Å². The molecule has 26 heavy (non-hydrogen) atoms. The number of ether oxygens (including phenoxy) is 4. The van der Waals surface area contributed by atoms with E-state index in [1.165, 1.54) is 0 Å². The second-order valence-corrected chi connectivity index (χ2v) is 5.94. The number of aryl methyl sites for hydroxylation is 1. The summed E-state index contributed by atoms with van der Waals surface area (Å²) in [5, 5.41) is 0.431. The Labute approximate surface area is 149 Å². The van der Waals surface area contributed by atoms with Gasteiger partial charge in [0, 0.05) is 18.6 Å². The first-order valence-electron chi connectivity index (χ1n) is 8.34. The smallest absolute Gasteiger partial charge is 0.235 e. The number of hydrogen-bond acceptors (Lipinski definition) is 6. The van der Waals surface area contributed by atoms with Crippen LogP contribution in [0.15, 0.2) is 45.6 Å². The van der Waals surface area contributed by atoms with Crippen LogP contribution in [0.4, 0.5) is 0 Å². The number of hydrogen-bond donors (Lipinski definition) is 0. The molecule has 0 fully saturated rings. The second-order valence-electron chi connectivity index (χ2n) is 5.94. The maximum Gasteiger partial charge on any atom is 0.235 e. The summed E-state index contributed by atoms with van der Waals surface area (Å²) < 4.78 is 28.0. The Morgan fingerprint density at radius 2 is 1.73 bits per heavy atom. The van der Waals surface area contributed by atoms with Gasteiger partial charge in [-0.2, -0.15) is 0 Å². The molecule has 0 radical (unpaired) electrons. The molecule has 4 rings (SSSR count). The summed E-state index contributed by atoms with van der Waals surface area (Å²) in [7, 11) is 1.56. The zero-order valence-corrected chi connectivity index (χ0v) is 14.5. The van der Waals surface area contributed by atoms with Crippen molar-refractivity contribution < 1.29 is 23.4 Å². The molecule has 134 valence electrons. The first kappa shape index (κ1) is 16.3. The Bertz CT molecular complexity index is 1020. The lowest BCUT2D eigenvalue weighted by Crippen LogP contribution is -2.07. The standard InChI is InChI=1S/C20H18O6/c1-12-20(19(21)15-6-4-13(22-2)10-17(15)25-12)26-14-5-7-16-18(11-14)24-9-3-8-23-16/h4-7,10-11H,3,8-9H2,1-2H3. The maximum atomic E-state index is 12.8. The summed E-state index contributed by atoms with van der Waals surface area (Å²) in [5.41, 5.74) is 0.219. The summed E-state index contributed by atoms with van der Waals surface area (Å²) in [6.45, 7) is 2.89. The fourth-order valence-electron chi connectivity index (χ4n) is 2.84. The van der Waals surface area contributed by atoms with Crippen molar-refractivity contribution in [2.45, 2.75) is 13.3 Å². The van der Waals surface area contributed by atoms with Crippen LogP contribution in [-0.4, -0.2) is 20.3 Å². The van der Waals surface area contributed by atoms with Crippen LogP contribution in [0.5, 0.6) is 28.7 Å². The van der Waals surface area contributed by atoms with Crippen molar-refractivity contribution in [3.63, 3.8) is 0 Å². The molecule has 0 saturated carbocycles. The molecular weight excluding hydrogens is 336 g/mol. The third-order valence-electron chi connectivity index (χ3n) is 4.16. The first-order chi connectivity index (χ1) is 12.7. The van der Waals surface area contributed by atoms with Crippen molar-refractivity contribution in [1.82, 2.24) is 0 Å². The monoisotopic (exact) mass is 354 g/mol. The van der Waals surface area contributed by atoms with Gasteiger partial charge in [-0.15, -0.1) is 0 Å². The molecule has 1 aromatic heterocycles. The number of rotatable bonds is 3. The summed E-state index contributed by atoms with van der Waals surface area (Å²) in [4.78, 5) is 12.8. The third kappa shape index (κ3) is 2.94. The van der Waals surface area contributed by atoms with Crippen LogP contribution in [0.2, 0.25) is 0 Å². The molecule has 1 aliphatic heterocycles. The van der Waals surface area contributed by atoms with Crippen LogP contribution >= 0.6 is 0 Å². The van der Waals surface area contributed by atoms with Gasteiger partial charge in [0.2, 0.25) is 11.2 Å². The van der Waals surface area contributed by atoms with Crippen LogP contribution < -0.4 is 24.4 Å². The van der Waals surface area contributed by atoms with Crippen LogP contribution in [0.1, 0.15) is 12.2 Å². The summed E-state index contributed by atoms with van der Waals surface area (Å²) in [6.07, 6.45) is 0.821. The van der Waals surface area contributed by atoms with Crippen molar-refractivity contribution in [1.29, 1.82) is 0 Å². The van der Waals surface area contributed by atoms with E-state index in [1.54, 1.807) is 50.4 Å². The highest BCUT2D eigenvalue weighted by Gasteiger charge is 2.16. The highest BCUT2D eigenvalue weighted by molar-refractivity contribution is 5.79. The maximum absolute atomic E-state index is 12.8. The molecule has 2 aromatic carbocycles. The van der Waals surface area contributed by atoms with E-state index < -0.39 is 0 Å². The van der Waals surface area contributed by atoms with Gasteiger partial charge in [0.15, 0.2) is 11.5 Å². The highest BCUT2D eigenvalue weighted by atomic mass is 16.5. The summed E-state index contributed by atoms with van der Waals surface area (Å²) >= 11 is 0. The van der Waals surface area contributed by atoms with E-state index in [9.17, 15) is 4.79 Å². The molecule has 2 heterocycles. The number of methoxy groups -OCH3 is 1. The van der Waals surface area contributed by atoms with Crippen LogP contribution in [0.25, 0.3) is 11.0 Å². The van der Waals surface area contributed by atoms with E-state index in [1.807, 2.05) is 0 Å². The van der Waals surface area contributed by atoms with E-state index >= 15 is 0 Å². The van der Waals surface area contributed by atoms with Gasteiger partial charge < -0.3 is 23.4 Å². The minimum atomic E-state index is -0.237. The molecular formula is C20H18O6. The number of benzene rings is 2. The molecule has 3 aromatic rings. The van der Waals surface area contributed by atoms with Gasteiger partial charge >= 0.3 is 0 Å². The van der Waals surface area contributed by atoms with E-state index in [4.69, 9.17) is 23.4 Å². The lowest BCUT2D eigenvalue weighted by molar-refractivity contribution is 0.296. The van der Waals surface area contributed by atoms with Crippen molar-refractivity contribution >= 4 is 11.0 Å². The Hall–Kier alpha value is -3.15. The van der Waals surface area contributed by atoms with E-state index in [0.29, 0.717) is 52.9 Å². The molecule has 1 aliphatic rings. The third-order valence-corrected chi connectivity index (χ3v) is 4.16. The average Bonchev–Trinajstić information content (AvgIpc) is 2.89. The molecule has 0 amide bonds. The summed E-state index contributed by atoms with van der Waals surface area (Å²) in [5.74, 6) is 2.92. The lowest BCUT2D eigenvalue weighted by Gasteiger charge is -2.12. The molecule has 6 nitrogen and oxygen atoms in total. The zero-order chi connectivity index (χ0) is 18.1. The minimum absolute atomic E-state index is 0.150. The average molecular weight is 354 g/mol. The van der Waals surface area contributed by atoms with Crippen molar-refractivity contribution in [2.24, 2.45) is 0 Å². The zero-order valence-electron chi connectivity index (χ0n) is 14.5. The minimum Gasteiger partial charge on any atom is -0.497 e. The van der Waals surface area contributed by atoms with E-state index in [0.717, 1.165) is 6.42 Å². The second kappa shape index (κ2) is 6.63. The Morgan fingerprint density at radius 3 is 2.54 bits per heavy atom. The molecule has 0 atom stereocenters. The summed E-state index contributed by atoms with van der Waals surface area (Å²) in [6, 6.07) is 10.3. The molecule has 0 unspecified atom stereocenters. The Balaban J connectivity index is 1.73. The largest absolute Gasteiger partial charge is 0.497 e. The lowest BCUT2D eigenvalue weighted by atomic mass is 10.2. The fraction of sp³-hybridized carbons (Fsp3) is 0.250. The Kier molecular flexibility index (Phi) is 4.16. The van der Waals surface area contributed by atoms with Crippen molar-refractivity contribution in [3.05, 3.63) is 52.4 Å². The van der Waals surface area contributed by atoms with Gasteiger partial charge in [-0.25, -0.2) is 0 Å². The van der Waals surface area contributed by atoms with Gasteiger partial charge in [0.25, 0.3) is 0 Å². The predicted octanol–water partition coefficient (Wildman–Crippen LogP) is 4.06. The molecule has 6 heteroatoms. The number of fused-ring (bicyclic) bond motifs is 2. The molecule has 0 aliphatic carbocycles. The molecule has 0 spiro atoms. The molecule has 0 N–H and O–H groups in total. The molecule has 0 bridgehead atoms. The normalized spacial score (nSPS) is 13.3. The fourth-order valence-corrected chi connectivity index (χ4v) is 2.84. The Morgan fingerprint density at radius 1 is 0.962 bits per heavy atom. The van der Waals surface area contributed by atoms with Crippen molar-refractivity contribution in [3.8, 4) is 28.7 Å². The van der Waals surface area contributed by atoms with E-state index in [-0.39, 0.29) is 11.2 Å².